The van der Waals surface area contributed by atoms with Crippen molar-refractivity contribution in [1.29, 1.82) is 0 Å². The van der Waals surface area contributed by atoms with Gasteiger partial charge in [0.15, 0.2) is 0 Å². The van der Waals surface area contributed by atoms with E-state index >= 15 is 0 Å². The molecule has 0 saturated carbocycles. The minimum Gasteiger partial charge on any atom is -0.480 e. The molecule has 0 amide bonds. The molecule has 88 valence electrons. The number of hydrogen-bond donors (Lipinski definition) is 2. The number of likely N-dealkylation sites (tertiary alicyclic amines) is 1. The molecule has 1 saturated heterocycles. The first kappa shape index (κ1) is 11.2. The van der Waals surface area contributed by atoms with Gasteiger partial charge in [0, 0.05) is 17.9 Å². The quantitative estimate of drug-likeness (QED) is 0.822. The van der Waals surface area contributed by atoms with Crippen molar-refractivity contribution >= 4 is 5.97 Å². The molecule has 2 atom stereocenters. The van der Waals surface area contributed by atoms with E-state index in [0.29, 0.717) is 0 Å². The largest absolute Gasteiger partial charge is 0.480 e. The Morgan fingerprint density at radius 1 is 1.62 bits per heavy atom. The fourth-order valence-corrected chi connectivity index (χ4v) is 2.47. The third-order valence-corrected chi connectivity index (χ3v) is 3.40. The Bertz CT molecular complexity index is 348. The van der Waals surface area contributed by atoms with Crippen LogP contribution in [-0.2, 0) is 4.79 Å². The number of carbonyl (C=O) groups is 1. The van der Waals surface area contributed by atoms with E-state index in [1.54, 1.807) is 0 Å². The van der Waals surface area contributed by atoms with Gasteiger partial charge in [0.1, 0.15) is 6.04 Å². The second kappa shape index (κ2) is 4.70. The molecule has 4 nitrogen and oxygen atoms in total. The summed E-state index contributed by atoms with van der Waals surface area (Å²) in [4.78, 5) is 16.4. The van der Waals surface area contributed by atoms with Gasteiger partial charge in [-0.1, -0.05) is 6.42 Å². The van der Waals surface area contributed by atoms with E-state index in [0.717, 1.165) is 31.5 Å². The van der Waals surface area contributed by atoms with Crippen LogP contribution in [0.5, 0.6) is 0 Å². The summed E-state index contributed by atoms with van der Waals surface area (Å²) in [6.45, 7) is 2.93. The third-order valence-electron chi connectivity index (χ3n) is 3.40. The number of rotatable bonds is 3. The van der Waals surface area contributed by atoms with Crippen molar-refractivity contribution in [3.05, 3.63) is 24.0 Å². The van der Waals surface area contributed by atoms with E-state index in [9.17, 15) is 9.90 Å². The highest BCUT2D eigenvalue weighted by atomic mass is 16.4. The normalized spacial score (nSPS) is 24.2. The van der Waals surface area contributed by atoms with E-state index in [1.807, 2.05) is 18.3 Å². The van der Waals surface area contributed by atoms with Gasteiger partial charge < -0.3 is 10.1 Å². The number of hydrogen-bond acceptors (Lipinski definition) is 2. The van der Waals surface area contributed by atoms with Crippen LogP contribution in [0.15, 0.2) is 18.3 Å². The minimum absolute atomic E-state index is 0.149. The first-order valence-corrected chi connectivity index (χ1v) is 5.82. The number of nitrogens with one attached hydrogen (secondary N) is 1. The highest BCUT2D eigenvalue weighted by Gasteiger charge is 2.32. The van der Waals surface area contributed by atoms with E-state index in [4.69, 9.17) is 0 Å². The molecule has 1 aromatic heterocycles. The number of aromatic amines is 1. The van der Waals surface area contributed by atoms with Gasteiger partial charge in [-0.3, -0.25) is 9.69 Å². The number of aromatic nitrogens is 1. The first-order chi connectivity index (χ1) is 7.70. The third kappa shape index (κ3) is 2.11. The zero-order valence-electron chi connectivity index (χ0n) is 9.52. The predicted molar refractivity (Wildman–Crippen MR) is 61.2 cm³/mol. The Morgan fingerprint density at radius 3 is 3.06 bits per heavy atom. The summed E-state index contributed by atoms with van der Waals surface area (Å²) < 4.78 is 0. The molecular formula is C12H18N2O2. The van der Waals surface area contributed by atoms with Crippen molar-refractivity contribution in [3.63, 3.8) is 0 Å². The average Bonchev–Trinajstić information content (AvgIpc) is 2.81. The maximum absolute atomic E-state index is 11.2. The Labute approximate surface area is 95.3 Å². The summed E-state index contributed by atoms with van der Waals surface area (Å²) in [6, 6.07) is 3.78. The zero-order chi connectivity index (χ0) is 11.5. The van der Waals surface area contributed by atoms with Crippen molar-refractivity contribution in [2.45, 2.75) is 38.3 Å². The summed E-state index contributed by atoms with van der Waals surface area (Å²) in [5.74, 6) is -0.696. The fraction of sp³-hybridized carbons (Fsp3) is 0.583. The molecule has 0 radical (unpaired) electrons. The van der Waals surface area contributed by atoms with Crippen molar-refractivity contribution < 1.29 is 9.90 Å². The molecule has 2 heterocycles. The maximum atomic E-state index is 11.2. The van der Waals surface area contributed by atoms with Crippen molar-refractivity contribution in [1.82, 2.24) is 9.88 Å². The first-order valence-electron chi connectivity index (χ1n) is 5.82. The van der Waals surface area contributed by atoms with E-state index in [1.165, 1.54) is 0 Å². The number of carboxylic acids is 1. The zero-order valence-corrected chi connectivity index (χ0v) is 9.52. The molecule has 0 spiro atoms. The molecule has 2 rings (SSSR count). The van der Waals surface area contributed by atoms with Gasteiger partial charge in [-0.2, -0.15) is 0 Å². The molecule has 0 aliphatic carbocycles. The van der Waals surface area contributed by atoms with E-state index in [-0.39, 0.29) is 12.1 Å². The Morgan fingerprint density at radius 2 is 2.44 bits per heavy atom. The van der Waals surface area contributed by atoms with Gasteiger partial charge >= 0.3 is 5.97 Å². The lowest BCUT2D eigenvalue weighted by atomic mass is 9.99. The number of piperidine rings is 1. The van der Waals surface area contributed by atoms with Crippen LogP contribution in [0, 0.1) is 0 Å². The molecule has 1 aliphatic rings. The summed E-state index contributed by atoms with van der Waals surface area (Å²) in [5, 5.41) is 9.20. The fourth-order valence-electron chi connectivity index (χ4n) is 2.47. The Balaban J connectivity index is 2.14. The Kier molecular flexibility index (Phi) is 3.29. The molecule has 1 aliphatic heterocycles. The van der Waals surface area contributed by atoms with Crippen LogP contribution in [0.4, 0.5) is 0 Å². The lowest BCUT2D eigenvalue weighted by Crippen LogP contribution is -2.45. The monoisotopic (exact) mass is 222 g/mol. The molecule has 2 N–H and O–H groups in total. The van der Waals surface area contributed by atoms with Gasteiger partial charge in [-0.15, -0.1) is 0 Å². The van der Waals surface area contributed by atoms with Gasteiger partial charge in [-0.25, -0.2) is 0 Å². The summed E-state index contributed by atoms with van der Waals surface area (Å²) >= 11 is 0. The average molecular weight is 222 g/mol. The highest BCUT2D eigenvalue weighted by molar-refractivity contribution is 5.73. The van der Waals surface area contributed by atoms with Crippen LogP contribution < -0.4 is 0 Å². The van der Waals surface area contributed by atoms with Crippen LogP contribution in [0.25, 0.3) is 0 Å². The second-order valence-electron chi connectivity index (χ2n) is 4.39. The van der Waals surface area contributed by atoms with Gasteiger partial charge in [-0.05, 0) is 38.4 Å². The molecule has 4 heteroatoms. The van der Waals surface area contributed by atoms with Crippen LogP contribution in [0.2, 0.25) is 0 Å². The van der Waals surface area contributed by atoms with Gasteiger partial charge in [0.05, 0.1) is 0 Å². The van der Waals surface area contributed by atoms with Crippen molar-refractivity contribution in [2.75, 3.05) is 6.54 Å². The van der Waals surface area contributed by atoms with E-state index in [2.05, 4.69) is 16.8 Å². The molecule has 1 aromatic rings. The lowest BCUT2D eigenvalue weighted by molar-refractivity contribution is -0.145. The Hall–Kier alpha value is -1.29. The van der Waals surface area contributed by atoms with Crippen molar-refractivity contribution in [2.24, 2.45) is 0 Å². The summed E-state index contributed by atoms with van der Waals surface area (Å²) in [5.41, 5.74) is 1.09. The minimum atomic E-state index is -0.696. The molecule has 0 aromatic carbocycles. The second-order valence-corrected chi connectivity index (χ2v) is 4.39. The standard InChI is InChI=1S/C12H18N2O2/c1-9(10-5-4-7-13-10)14-8-3-2-6-11(14)12(15)16/h4-5,7,9,11,13H,2-3,6,8H2,1H3,(H,15,16)/t9-,11-/m0/s1. The molecule has 0 bridgehead atoms. The maximum Gasteiger partial charge on any atom is 0.320 e. The highest BCUT2D eigenvalue weighted by Crippen LogP contribution is 2.27. The van der Waals surface area contributed by atoms with Crippen LogP contribution in [0.1, 0.15) is 37.9 Å². The lowest BCUT2D eigenvalue weighted by Gasteiger charge is -2.37. The predicted octanol–water partition coefficient (Wildman–Crippen LogP) is 2.01. The topological polar surface area (TPSA) is 56.3 Å². The van der Waals surface area contributed by atoms with Crippen LogP contribution >= 0.6 is 0 Å². The molecule has 0 unspecified atom stereocenters. The molecule has 16 heavy (non-hydrogen) atoms. The smallest absolute Gasteiger partial charge is 0.320 e. The van der Waals surface area contributed by atoms with Crippen LogP contribution in [-0.4, -0.2) is 33.5 Å². The number of aliphatic carboxylic acids is 1. The molecule has 1 fully saturated rings. The summed E-state index contributed by atoms with van der Waals surface area (Å²) in [6.07, 6.45) is 4.76. The number of nitrogens with zero attached hydrogens (tertiary/aromatic N) is 1. The number of H-pyrrole nitrogens is 1. The van der Waals surface area contributed by atoms with E-state index < -0.39 is 5.97 Å². The SMILES string of the molecule is C[C@@H](c1ccc[nH]1)N1CCCC[C@H]1C(=O)O. The van der Waals surface area contributed by atoms with Gasteiger partial charge in [0.25, 0.3) is 0 Å². The molecular weight excluding hydrogens is 204 g/mol. The number of carboxylic acid groups (broad SMARTS) is 1. The van der Waals surface area contributed by atoms with Crippen molar-refractivity contribution in [3.8, 4) is 0 Å². The van der Waals surface area contributed by atoms with Crippen LogP contribution in [0.3, 0.4) is 0 Å². The summed E-state index contributed by atoms with van der Waals surface area (Å²) in [7, 11) is 0. The van der Waals surface area contributed by atoms with Gasteiger partial charge in [0.2, 0.25) is 0 Å².